The summed E-state index contributed by atoms with van der Waals surface area (Å²) in [5.74, 6) is 1.07. The third kappa shape index (κ3) is 3.72. The van der Waals surface area contributed by atoms with Gasteiger partial charge in [0.2, 0.25) is 0 Å². The van der Waals surface area contributed by atoms with Crippen LogP contribution >= 0.6 is 23.1 Å². The van der Waals surface area contributed by atoms with E-state index in [4.69, 9.17) is 4.74 Å². The van der Waals surface area contributed by atoms with Crippen LogP contribution < -0.4 is 5.32 Å². The third-order valence-electron chi connectivity index (χ3n) is 2.75. The van der Waals surface area contributed by atoms with Crippen LogP contribution in [0, 0.1) is 0 Å². The van der Waals surface area contributed by atoms with E-state index in [1.54, 1.807) is 18.4 Å². The van der Waals surface area contributed by atoms with Gasteiger partial charge >= 0.3 is 0 Å². The molecular formula is C12H18N2OS2. The van der Waals surface area contributed by atoms with Crippen molar-refractivity contribution < 1.29 is 4.74 Å². The third-order valence-corrected chi connectivity index (χ3v) is 4.50. The van der Waals surface area contributed by atoms with Crippen LogP contribution in [-0.4, -0.2) is 30.7 Å². The number of ether oxygens (including phenoxy) is 1. The Bertz CT molecular complexity index is 365. The van der Waals surface area contributed by atoms with E-state index in [1.807, 2.05) is 11.8 Å². The molecule has 0 aromatic carbocycles. The quantitative estimate of drug-likeness (QED) is 0.893. The summed E-state index contributed by atoms with van der Waals surface area (Å²) in [6, 6.07) is 2.91. The van der Waals surface area contributed by atoms with Crippen molar-refractivity contribution in [2.45, 2.75) is 25.4 Å². The van der Waals surface area contributed by atoms with Crippen LogP contribution in [0.5, 0.6) is 0 Å². The van der Waals surface area contributed by atoms with E-state index in [9.17, 15) is 0 Å². The maximum Gasteiger partial charge on any atom is 0.157 e. The number of methoxy groups -OCH3 is 1. The van der Waals surface area contributed by atoms with Gasteiger partial charge in [-0.2, -0.15) is 11.3 Å². The second kappa shape index (κ2) is 6.42. The van der Waals surface area contributed by atoms with Gasteiger partial charge in [-0.05, 0) is 35.7 Å². The van der Waals surface area contributed by atoms with Gasteiger partial charge in [-0.1, -0.05) is 11.8 Å². The van der Waals surface area contributed by atoms with Gasteiger partial charge in [0.15, 0.2) is 5.17 Å². The molecule has 1 aliphatic heterocycles. The van der Waals surface area contributed by atoms with Gasteiger partial charge in [0.25, 0.3) is 0 Å². The number of aliphatic imine (C=N–C) groups is 1. The van der Waals surface area contributed by atoms with Crippen LogP contribution in [0.3, 0.4) is 0 Å². The van der Waals surface area contributed by atoms with E-state index < -0.39 is 0 Å². The van der Waals surface area contributed by atoms with Crippen molar-refractivity contribution in [2.24, 2.45) is 4.99 Å². The first kappa shape index (κ1) is 12.9. The monoisotopic (exact) mass is 270 g/mol. The number of thiophene rings is 1. The van der Waals surface area contributed by atoms with E-state index in [0.29, 0.717) is 12.1 Å². The highest BCUT2D eigenvalue weighted by Gasteiger charge is 2.19. The molecule has 5 heteroatoms. The maximum absolute atomic E-state index is 5.08. The number of hydrogen-bond donors (Lipinski definition) is 1. The second-order valence-electron chi connectivity index (χ2n) is 4.10. The first-order chi connectivity index (χ1) is 8.29. The van der Waals surface area contributed by atoms with Crippen molar-refractivity contribution in [1.82, 2.24) is 5.32 Å². The van der Waals surface area contributed by atoms with E-state index in [-0.39, 0.29) is 0 Å². The Morgan fingerprint density at radius 3 is 3.24 bits per heavy atom. The summed E-state index contributed by atoms with van der Waals surface area (Å²) >= 11 is 3.55. The number of rotatable bonds is 5. The zero-order chi connectivity index (χ0) is 12.1. The minimum Gasteiger partial charge on any atom is -0.385 e. The molecule has 3 nitrogen and oxygen atoms in total. The summed E-state index contributed by atoms with van der Waals surface area (Å²) < 4.78 is 5.08. The van der Waals surface area contributed by atoms with Crippen molar-refractivity contribution in [1.29, 1.82) is 0 Å². The fourth-order valence-corrected chi connectivity index (χ4v) is 3.52. The molecule has 2 heterocycles. The lowest BCUT2D eigenvalue weighted by molar-refractivity contribution is 0.190. The van der Waals surface area contributed by atoms with Crippen molar-refractivity contribution in [3.8, 4) is 0 Å². The summed E-state index contributed by atoms with van der Waals surface area (Å²) in [5.41, 5.74) is 1.33. The van der Waals surface area contributed by atoms with Crippen molar-refractivity contribution in [2.75, 3.05) is 19.5 Å². The van der Waals surface area contributed by atoms with Crippen LogP contribution in [0.4, 0.5) is 0 Å². The van der Waals surface area contributed by atoms with E-state index in [1.165, 1.54) is 5.56 Å². The lowest BCUT2D eigenvalue weighted by Gasteiger charge is -2.12. The molecule has 1 N–H and O–H groups in total. The maximum atomic E-state index is 5.08. The Balaban J connectivity index is 1.83. The average Bonchev–Trinajstić information content (AvgIpc) is 2.97. The Labute approximate surface area is 111 Å². The molecule has 94 valence electrons. The number of nitrogens with zero attached hydrogens (tertiary/aromatic N) is 1. The molecule has 1 aliphatic rings. The fourth-order valence-electron chi connectivity index (χ4n) is 1.69. The van der Waals surface area contributed by atoms with Gasteiger partial charge < -0.3 is 10.1 Å². The van der Waals surface area contributed by atoms with Gasteiger partial charge in [-0.3, -0.25) is 4.99 Å². The Hall–Kier alpha value is -0.520. The first-order valence-corrected chi connectivity index (χ1v) is 7.70. The van der Waals surface area contributed by atoms with Gasteiger partial charge in [0, 0.05) is 19.5 Å². The molecule has 0 saturated heterocycles. The second-order valence-corrected chi connectivity index (χ2v) is 5.89. The Kier molecular flexibility index (Phi) is 4.88. The highest BCUT2D eigenvalue weighted by Crippen LogP contribution is 2.22. The normalized spacial score (nSPS) is 21.3. The molecule has 0 fully saturated rings. The summed E-state index contributed by atoms with van der Waals surface area (Å²) in [5, 5.41) is 8.83. The highest BCUT2D eigenvalue weighted by atomic mass is 32.2. The van der Waals surface area contributed by atoms with Crippen molar-refractivity contribution in [3.05, 3.63) is 22.4 Å². The van der Waals surface area contributed by atoms with Crippen LogP contribution in [0.15, 0.2) is 21.8 Å². The fraction of sp³-hybridized carbons (Fsp3) is 0.583. The van der Waals surface area contributed by atoms with Crippen LogP contribution in [-0.2, 0) is 4.74 Å². The molecule has 0 bridgehead atoms. The molecule has 1 aromatic heterocycles. The van der Waals surface area contributed by atoms with Gasteiger partial charge in [0.1, 0.15) is 0 Å². The summed E-state index contributed by atoms with van der Waals surface area (Å²) in [4.78, 5) is 4.67. The lowest BCUT2D eigenvalue weighted by Crippen LogP contribution is -2.22. The van der Waals surface area contributed by atoms with E-state index in [2.05, 4.69) is 34.1 Å². The molecule has 1 aromatic rings. The lowest BCUT2D eigenvalue weighted by atomic mass is 10.2. The number of thioether (sulfide) groups is 1. The predicted octanol–water partition coefficient (Wildman–Crippen LogP) is 2.91. The summed E-state index contributed by atoms with van der Waals surface area (Å²) in [6.45, 7) is 2.97. The highest BCUT2D eigenvalue weighted by molar-refractivity contribution is 8.14. The van der Waals surface area contributed by atoms with Gasteiger partial charge in [-0.15, -0.1) is 0 Å². The molecule has 0 aliphatic carbocycles. The van der Waals surface area contributed by atoms with Crippen molar-refractivity contribution >= 4 is 28.3 Å². The molecule has 2 rings (SSSR count). The SMILES string of the molecule is COCCC1CSC(NC(C)c2ccsc2)=N1. The zero-order valence-corrected chi connectivity index (χ0v) is 11.8. The summed E-state index contributed by atoms with van der Waals surface area (Å²) in [7, 11) is 1.74. The van der Waals surface area contributed by atoms with E-state index in [0.717, 1.165) is 23.9 Å². The van der Waals surface area contributed by atoms with Crippen LogP contribution in [0.2, 0.25) is 0 Å². The first-order valence-electron chi connectivity index (χ1n) is 5.77. The molecule has 2 atom stereocenters. The molecule has 0 radical (unpaired) electrons. The van der Waals surface area contributed by atoms with Crippen LogP contribution in [0.1, 0.15) is 24.9 Å². The zero-order valence-electron chi connectivity index (χ0n) is 10.2. The number of amidine groups is 1. The molecule has 17 heavy (non-hydrogen) atoms. The minimum absolute atomic E-state index is 0.341. The smallest absolute Gasteiger partial charge is 0.157 e. The molecule has 2 unspecified atom stereocenters. The standard InChI is InChI=1S/C12H18N2OS2/c1-9(10-4-6-16-7-10)13-12-14-11(8-17-12)3-5-15-2/h4,6-7,9,11H,3,5,8H2,1-2H3,(H,13,14). The topological polar surface area (TPSA) is 33.6 Å². The summed E-state index contributed by atoms with van der Waals surface area (Å²) in [6.07, 6.45) is 1.02. The number of hydrogen-bond acceptors (Lipinski definition) is 5. The molecule has 0 saturated carbocycles. The largest absolute Gasteiger partial charge is 0.385 e. The minimum atomic E-state index is 0.341. The predicted molar refractivity (Wildman–Crippen MR) is 76.0 cm³/mol. The number of nitrogens with one attached hydrogen (secondary N) is 1. The Morgan fingerprint density at radius 1 is 1.65 bits per heavy atom. The Morgan fingerprint density at radius 2 is 2.53 bits per heavy atom. The average molecular weight is 270 g/mol. The van der Waals surface area contributed by atoms with Crippen LogP contribution in [0.25, 0.3) is 0 Å². The van der Waals surface area contributed by atoms with Gasteiger partial charge in [0.05, 0.1) is 12.1 Å². The molecular weight excluding hydrogens is 252 g/mol. The molecule has 0 amide bonds. The molecule has 0 spiro atoms. The van der Waals surface area contributed by atoms with Crippen molar-refractivity contribution in [3.63, 3.8) is 0 Å². The van der Waals surface area contributed by atoms with Gasteiger partial charge in [-0.25, -0.2) is 0 Å². The van der Waals surface area contributed by atoms with E-state index >= 15 is 0 Å².